The number of pyridine rings is 1. The van der Waals surface area contributed by atoms with Crippen molar-refractivity contribution in [1.29, 1.82) is 0 Å². The first-order valence-corrected chi connectivity index (χ1v) is 9.72. The van der Waals surface area contributed by atoms with E-state index in [0.29, 0.717) is 31.5 Å². The molecule has 0 radical (unpaired) electrons. The number of aromatic nitrogens is 1. The first-order valence-electron chi connectivity index (χ1n) is 9.72. The highest BCUT2D eigenvalue weighted by Gasteiger charge is 2.38. The zero-order valence-corrected chi connectivity index (χ0v) is 15.5. The SMILES string of the molecule is O=C(O)CC1(NC(=O)C2CCCN(C(=O)c3ccncc3)C2)CCCCC1. The molecule has 1 aromatic heterocycles. The molecule has 2 amide bonds. The number of piperidine rings is 1. The van der Waals surface area contributed by atoms with E-state index in [9.17, 15) is 19.5 Å². The van der Waals surface area contributed by atoms with Gasteiger partial charge in [-0.05, 0) is 37.8 Å². The fourth-order valence-corrected chi connectivity index (χ4v) is 4.28. The van der Waals surface area contributed by atoms with Crippen LogP contribution in [0, 0.1) is 5.92 Å². The van der Waals surface area contributed by atoms with Gasteiger partial charge >= 0.3 is 5.97 Å². The quantitative estimate of drug-likeness (QED) is 0.824. The van der Waals surface area contributed by atoms with Gasteiger partial charge in [-0.2, -0.15) is 0 Å². The van der Waals surface area contributed by atoms with Crippen LogP contribution < -0.4 is 5.32 Å². The predicted octanol–water partition coefficient (Wildman–Crippen LogP) is 2.23. The van der Waals surface area contributed by atoms with E-state index in [1.807, 2.05) is 0 Å². The minimum atomic E-state index is -0.879. The second kappa shape index (κ2) is 8.50. The third kappa shape index (κ3) is 4.84. The minimum Gasteiger partial charge on any atom is -0.481 e. The molecule has 1 saturated carbocycles. The summed E-state index contributed by atoms with van der Waals surface area (Å²) in [6, 6.07) is 3.35. The number of rotatable bonds is 5. The number of aliphatic carboxylic acids is 1. The van der Waals surface area contributed by atoms with Gasteiger partial charge in [-0.1, -0.05) is 19.3 Å². The molecule has 1 aromatic rings. The zero-order chi connectivity index (χ0) is 19.3. The van der Waals surface area contributed by atoms with E-state index in [0.717, 1.165) is 32.1 Å². The molecule has 2 aliphatic rings. The van der Waals surface area contributed by atoms with Gasteiger partial charge in [0.1, 0.15) is 0 Å². The van der Waals surface area contributed by atoms with Crippen molar-refractivity contribution in [3.05, 3.63) is 30.1 Å². The van der Waals surface area contributed by atoms with Crippen LogP contribution in [0.15, 0.2) is 24.5 Å². The van der Waals surface area contributed by atoms with E-state index in [1.165, 1.54) is 0 Å². The molecule has 0 bridgehead atoms. The van der Waals surface area contributed by atoms with E-state index in [-0.39, 0.29) is 24.2 Å². The van der Waals surface area contributed by atoms with Crippen molar-refractivity contribution >= 4 is 17.8 Å². The van der Waals surface area contributed by atoms with Crippen LogP contribution in [0.4, 0.5) is 0 Å². The Morgan fingerprint density at radius 3 is 2.52 bits per heavy atom. The number of nitrogens with one attached hydrogen (secondary N) is 1. The van der Waals surface area contributed by atoms with Crippen LogP contribution in [0.25, 0.3) is 0 Å². The lowest BCUT2D eigenvalue weighted by molar-refractivity contribution is -0.140. The van der Waals surface area contributed by atoms with Gasteiger partial charge < -0.3 is 15.3 Å². The molecule has 7 nitrogen and oxygen atoms in total. The average Bonchev–Trinajstić information content (AvgIpc) is 2.68. The average molecular weight is 373 g/mol. The molecule has 1 saturated heterocycles. The Morgan fingerprint density at radius 1 is 1.15 bits per heavy atom. The predicted molar refractivity (Wildman–Crippen MR) is 99.1 cm³/mol. The van der Waals surface area contributed by atoms with Crippen molar-refractivity contribution in [3.63, 3.8) is 0 Å². The Morgan fingerprint density at radius 2 is 1.85 bits per heavy atom. The summed E-state index contributed by atoms with van der Waals surface area (Å²) < 4.78 is 0. The van der Waals surface area contributed by atoms with Crippen LogP contribution in [0.2, 0.25) is 0 Å². The minimum absolute atomic E-state index is 0.0366. The van der Waals surface area contributed by atoms with Crippen molar-refractivity contribution in [2.24, 2.45) is 5.92 Å². The summed E-state index contributed by atoms with van der Waals surface area (Å²) in [4.78, 5) is 42.5. The van der Waals surface area contributed by atoms with E-state index in [4.69, 9.17) is 0 Å². The molecular weight excluding hydrogens is 346 g/mol. The Bertz CT molecular complexity index is 686. The van der Waals surface area contributed by atoms with Crippen LogP contribution in [0.1, 0.15) is 61.7 Å². The van der Waals surface area contributed by atoms with Gasteiger partial charge in [0.15, 0.2) is 0 Å². The molecule has 1 unspecified atom stereocenters. The van der Waals surface area contributed by atoms with Crippen LogP contribution >= 0.6 is 0 Å². The lowest BCUT2D eigenvalue weighted by Gasteiger charge is -2.39. The topological polar surface area (TPSA) is 99.6 Å². The van der Waals surface area contributed by atoms with Gasteiger partial charge in [-0.25, -0.2) is 0 Å². The highest BCUT2D eigenvalue weighted by atomic mass is 16.4. The summed E-state index contributed by atoms with van der Waals surface area (Å²) in [6.07, 6.45) is 8.97. The maximum absolute atomic E-state index is 12.9. The maximum Gasteiger partial charge on any atom is 0.305 e. The number of amides is 2. The lowest BCUT2D eigenvalue weighted by Crippen LogP contribution is -2.55. The van der Waals surface area contributed by atoms with Crippen molar-refractivity contribution in [2.45, 2.75) is 56.9 Å². The number of carboxylic acids is 1. The molecule has 3 rings (SSSR count). The van der Waals surface area contributed by atoms with Gasteiger partial charge in [0, 0.05) is 31.0 Å². The zero-order valence-electron chi connectivity index (χ0n) is 15.5. The number of carbonyl (C=O) groups excluding carboxylic acids is 2. The van der Waals surface area contributed by atoms with Crippen molar-refractivity contribution in [2.75, 3.05) is 13.1 Å². The molecule has 1 aliphatic heterocycles. The Hall–Kier alpha value is -2.44. The molecule has 146 valence electrons. The number of nitrogens with zero attached hydrogens (tertiary/aromatic N) is 2. The summed E-state index contributed by atoms with van der Waals surface area (Å²) >= 11 is 0. The van der Waals surface area contributed by atoms with Crippen LogP contribution in [0.5, 0.6) is 0 Å². The summed E-state index contributed by atoms with van der Waals surface area (Å²) in [5, 5.41) is 12.4. The second-order valence-electron chi connectivity index (χ2n) is 7.73. The smallest absolute Gasteiger partial charge is 0.305 e. The van der Waals surface area contributed by atoms with E-state index >= 15 is 0 Å². The fourth-order valence-electron chi connectivity index (χ4n) is 4.28. The second-order valence-corrected chi connectivity index (χ2v) is 7.73. The largest absolute Gasteiger partial charge is 0.481 e. The Kier molecular flexibility index (Phi) is 6.08. The van der Waals surface area contributed by atoms with Crippen molar-refractivity contribution in [1.82, 2.24) is 15.2 Å². The van der Waals surface area contributed by atoms with E-state index in [2.05, 4.69) is 10.3 Å². The maximum atomic E-state index is 12.9. The monoisotopic (exact) mass is 373 g/mol. The summed E-state index contributed by atoms with van der Waals surface area (Å²) in [7, 11) is 0. The standard InChI is InChI=1S/C20H27N3O4/c24-17(25)13-20(8-2-1-3-9-20)22-18(26)16-5-4-12-23(14-16)19(27)15-6-10-21-11-7-15/h6-7,10-11,16H,1-5,8-9,12-14H2,(H,22,26)(H,24,25). The van der Waals surface area contributed by atoms with Crippen molar-refractivity contribution < 1.29 is 19.5 Å². The highest BCUT2D eigenvalue weighted by molar-refractivity contribution is 5.94. The molecule has 0 aromatic carbocycles. The Labute approximate surface area is 159 Å². The molecular formula is C20H27N3O4. The number of hydrogen-bond donors (Lipinski definition) is 2. The molecule has 2 fully saturated rings. The molecule has 2 heterocycles. The van der Waals surface area contributed by atoms with Crippen LogP contribution in [-0.2, 0) is 9.59 Å². The first-order chi connectivity index (χ1) is 13.0. The third-order valence-corrected chi connectivity index (χ3v) is 5.70. The van der Waals surface area contributed by atoms with Gasteiger partial charge in [0.25, 0.3) is 5.91 Å². The van der Waals surface area contributed by atoms with Gasteiger partial charge in [0.2, 0.25) is 5.91 Å². The molecule has 7 heteroatoms. The van der Waals surface area contributed by atoms with Crippen LogP contribution in [-0.4, -0.2) is 51.4 Å². The summed E-state index contributed by atoms with van der Waals surface area (Å²) in [5.74, 6) is -1.38. The van der Waals surface area contributed by atoms with E-state index in [1.54, 1.807) is 29.4 Å². The van der Waals surface area contributed by atoms with Gasteiger partial charge in [-0.15, -0.1) is 0 Å². The van der Waals surface area contributed by atoms with Gasteiger partial charge in [0.05, 0.1) is 17.9 Å². The normalized spacial score (nSPS) is 22.1. The molecule has 27 heavy (non-hydrogen) atoms. The van der Waals surface area contributed by atoms with Crippen molar-refractivity contribution in [3.8, 4) is 0 Å². The summed E-state index contributed by atoms with van der Waals surface area (Å²) in [6.45, 7) is 1.00. The first kappa shape index (κ1) is 19.3. The number of carboxylic acid groups (broad SMARTS) is 1. The Balaban J connectivity index is 1.65. The highest BCUT2D eigenvalue weighted by Crippen LogP contribution is 2.32. The molecule has 0 spiro atoms. The third-order valence-electron chi connectivity index (χ3n) is 5.70. The molecule has 1 atom stereocenters. The lowest BCUT2D eigenvalue weighted by atomic mass is 9.78. The number of likely N-dealkylation sites (tertiary alicyclic amines) is 1. The van der Waals surface area contributed by atoms with E-state index < -0.39 is 11.5 Å². The molecule has 2 N–H and O–H groups in total. The van der Waals surface area contributed by atoms with Crippen LogP contribution in [0.3, 0.4) is 0 Å². The fraction of sp³-hybridized carbons (Fsp3) is 0.600. The summed E-state index contributed by atoms with van der Waals surface area (Å²) in [5.41, 5.74) is -0.0702. The molecule has 1 aliphatic carbocycles. The van der Waals surface area contributed by atoms with Gasteiger partial charge in [-0.3, -0.25) is 19.4 Å². The number of carbonyl (C=O) groups is 3. The number of hydrogen-bond acceptors (Lipinski definition) is 4.